The zero-order valence-electron chi connectivity index (χ0n) is 36.4. The van der Waals surface area contributed by atoms with Crippen molar-refractivity contribution in [3.05, 3.63) is 52.0 Å². The zero-order chi connectivity index (χ0) is 42.6. The van der Waals surface area contributed by atoms with Crippen LogP contribution in [-0.4, -0.2) is 127 Å². The third-order valence-electron chi connectivity index (χ3n) is 11.6. The Morgan fingerprint density at radius 2 is 1.63 bits per heavy atom. The van der Waals surface area contributed by atoms with E-state index < -0.39 is 42.3 Å². The highest BCUT2D eigenvalue weighted by Crippen LogP contribution is 2.31. The number of ether oxygens (including phenoxy) is 2. The number of benzene rings is 1. The molecule has 2 aromatic rings. The van der Waals surface area contributed by atoms with Crippen LogP contribution in [0.3, 0.4) is 0 Å². The summed E-state index contributed by atoms with van der Waals surface area (Å²) in [7, 11) is 8.61. The second-order valence-corrected chi connectivity index (χ2v) is 17.4. The minimum atomic E-state index is -0.763. The highest BCUT2D eigenvalue weighted by Gasteiger charge is 2.43. The van der Waals surface area contributed by atoms with Crippen LogP contribution in [0, 0.1) is 23.7 Å². The molecule has 4 amide bonds. The molecule has 1 aliphatic heterocycles. The molecule has 0 unspecified atom stereocenters. The number of aliphatic hydroxyl groups is 1. The Morgan fingerprint density at radius 3 is 2.16 bits per heavy atom. The van der Waals surface area contributed by atoms with Crippen LogP contribution < -0.4 is 10.6 Å². The van der Waals surface area contributed by atoms with Gasteiger partial charge in [-0.3, -0.25) is 24.1 Å². The number of methoxy groups -OCH3 is 2. The molecule has 1 fully saturated rings. The standard InChI is InChI=1S/C43H70N6O7S/c1-13-28(6)38(48(10)43(54)36(26(2)3)46-41(53)37(27(4)5)47(8)9)34(55-11)23-35(51)49-21-17-20-33(49)39(56-12)29(7)40(52)45-32(22-30-18-15-14-16-19-30)42-44-31(24-50)25-57-42/h14-16,18-19,25-29,32-34,36-39,50H,13,17,20-24H2,1-12H3,(H,45,52)(H,46,53)/t28-,29+,32-,33-,34+,36-,37-,38+,39+/m0/s1. The normalized spacial score (nSPS) is 18.8. The molecule has 0 bridgehead atoms. The van der Waals surface area contributed by atoms with Crippen molar-refractivity contribution in [1.82, 2.24) is 30.3 Å². The molecular formula is C43H70N6O7S. The second kappa shape index (κ2) is 22.6. The maximum absolute atomic E-state index is 14.3. The smallest absolute Gasteiger partial charge is 0.245 e. The van der Waals surface area contributed by atoms with E-state index in [1.54, 1.807) is 31.5 Å². The SMILES string of the molecule is CC[C@H](C)[C@H]([C@@H](CC(=O)N1CCC[C@H]1[C@H](OC)[C@@H](C)C(=O)N[C@@H](Cc1ccccc1)c1nc(CO)cs1)OC)N(C)C(=O)[C@@H](NC(=O)[C@H](C(C)C)N(C)C)C(C)C. The molecule has 1 saturated heterocycles. The molecule has 0 spiro atoms. The topological polar surface area (TPSA) is 154 Å². The van der Waals surface area contributed by atoms with Crippen molar-refractivity contribution in [1.29, 1.82) is 0 Å². The molecule has 0 radical (unpaired) electrons. The summed E-state index contributed by atoms with van der Waals surface area (Å²) in [6, 6.07) is 7.49. The Hall–Kier alpha value is -3.43. The lowest BCUT2D eigenvalue weighted by atomic mass is 9.89. The van der Waals surface area contributed by atoms with Crippen molar-refractivity contribution >= 4 is 35.0 Å². The largest absolute Gasteiger partial charge is 0.390 e. The first-order valence-electron chi connectivity index (χ1n) is 20.5. The lowest BCUT2D eigenvalue weighted by Crippen LogP contribution is -2.59. The predicted molar refractivity (Wildman–Crippen MR) is 224 cm³/mol. The number of aromatic nitrogens is 1. The number of amides is 4. The molecule has 0 aliphatic carbocycles. The number of rotatable bonds is 22. The summed E-state index contributed by atoms with van der Waals surface area (Å²) >= 11 is 1.40. The summed E-state index contributed by atoms with van der Waals surface area (Å²) in [5, 5.41) is 18.4. The van der Waals surface area contributed by atoms with Gasteiger partial charge in [-0.05, 0) is 56.7 Å². The van der Waals surface area contributed by atoms with Gasteiger partial charge in [0.05, 0.1) is 61.0 Å². The van der Waals surface area contributed by atoms with Crippen molar-refractivity contribution < 1.29 is 33.8 Å². The van der Waals surface area contributed by atoms with Crippen molar-refractivity contribution in [3.8, 4) is 0 Å². The van der Waals surface area contributed by atoms with Gasteiger partial charge in [-0.1, -0.05) is 85.2 Å². The fourth-order valence-electron chi connectivity index (χ4n) is 8.32. The predicted octanol–water partition coefficient (Wildman–Crippen LogP) is 4.68. The van der Waals surface area contributed by atoms with E-state index in [4.69, 9.17) is 9.47 Å². The first kappa shape index (κ1) is 47.9. The van der Waals surface area contributed by atoms with Gasteiger partial charge >= 0.3 is 0 Å². The molecule has 14 heteroatoms. The number of likely N-dealkylation sites (tertiary alicyclic amines) is 1. The number of aliphatic hydroxyl groups excluding tert-OH is 1. The molecule has 9 atom stereocenters. The minimum absolute atomic E-state index is 0.0228. The maximum atomic E-state index is 14.3. The van der Waals surface area contributed by atoms with Gasteiger partial charge in [0.25, 0.3) is 0 Å². The van der Waals surface area contributed by atoms with E-state index in [2.05, 4.69) is 22.5 Å². The van der Waals surface area contributed by atoms with Gasteiger partial charge < -0.3 is 35.0 Å². The lowest BCUT2D eigenvalue weighted by molar-refractivity contribution is -0.148. The van der Waals surface area contributed by atoms with E-state index >= 15 is 0 Å². The van der Waals surface area contributed by atoms with Crippen LogP contribution in [0.4, 0.5) is 0 Å². The van der Waals surface area contributed by atoms with Crippen LogP contribution in [0.1, 0.15) is 96.5 Å². The van der Waals surface area contributed by atoms with Crippen LogP contribution in [0.15, 0.2) is 35.7 Å². The number of carbonyl (C=O) groups is 4. The van der Waals surface area contributed by atoms with E-state index in [-0.39, 0.29) is 60.5 Å². The average molecular weight is 815 g/mol. The van der Waals surface area contributed by atoms with Gasteiger partial charge in [-0.25, -0.2) is 4.98 Å². The van der Waals surface area contributed by atoms with Crippen LogP contribution in [0.25, 0.3) is 0 Å². The first-order chi connectivity index (χ1) is 27.0. The van der Waals surface area contributed by atoms with Crippen LogP contribution in [-0.2, 0) is 41.7 Å². The molecule has 3 N–H and O–H groups in total. The molecular weight excluding hydrogens is 745 g/mol. The monoisotopic (exact) mass is 815 g/mol. The van der Waals surface area contributed by atoms with Gasteiger partial charge in [0, 0.05) is 33.2 Å². The Balaban J connectivity index is 1.81. The van der Waals surface area contributed by atoms with Crippen molar-refractivity contribution in [3.63, 3.8) is 0 Å². The van der Waals surface area contributed by atoms with Gasteiger partial charge in [0.15, 0.2) is 0 Å². The van der Waals surface area contributed by atoms with E-state index in [0.29, 0.717) is 30.1 Å². The first-order valence-corrected chi connectivity index (χ1v) is 21.4. The van der Waals surface area contributed by atoms with E-state index in [1.165, 1.54) is 11.3 Å². The molecule has 57 heavy (non-hydrogen) atoms. The summed E-state index contributed by atoms with van der Waals surface area (Å²) in [6.45, 7) is 14.1. The zero-order valence-corrected chi connectivity index (χ0v) is 37.2. The fraction of sp³-hybridized carbons (Fsp3) is 0.698. The number of nitrogens with zero attached hydrogens (tertiary/aromatic N) is 4. The van der Waals surface area contributed by atoms with Crippen LogP contribution in [0.5, 0.6) is 0 Å². The fourth-order valence-corrected chi connectivity index (χ4v) is 9.18. The molecule has 1 aliphatic rings. The molecule has 13 nitrogen and oxygen atoms in total. The Kier molecular flexibility index (Phi) is 19.0. The average Bonchev–Trinajstić information content (AvgIpc) is 3.87. The highest BCUT2D eigenvalue weighted by atomic mass is 32.1. The number of nitrogens with one attached hydrogen (secondary N) is 2. The maximum Gasteiger partial charge on any atom is 0.245 e. The van der Waals surface area contributed by atoms with Gasteiger partial charge in [-0.2, -0.15) is 0 Å². The number of thiazole rings is 1. The Morgan fingerprint density at radius 1 is 0.965 bits per heavy atom. The number of hydrogen-bond donors (Lipinski definition) is 3. The molecule has 2 heterocycles. The molecule has 1 aromatic carbocycles. The quantitative estimate of drug-likeness (QED) is 0.154. The minimum Gasteiger partial charge on any atom is -0.390 e. The van der Waals surface area contributed by atoms with Crippen molar-refractivity contribution in [2.24, 2.45) is 23.7 Å². The summed E-state index contributed by atoms with van der Waals surface area (Å²) in [5.41, 5.74) is 1.59. The summed E-state index contributed by atoms with van der Waals surface area (Å²) < 4.78 is 12.1. The van der Waals surface area contributed by atoms with E-state index in [9.17, 15) is 24.3 Å². The third kappa shape index (κ3) is 12.5. The molecule has 0 saturated carbocycles. The molecule has 320 valence electrons. The van der Waals surface area contributed by atoms with Crippen LogP contribution >= 0.6 is 11.3 Å². The molecule has 3 rings (SSSR count). The summed E-state index contributed by atoms with van der Waals surface area (Å²) in [5.74, 6) is -1.54. The number of hydrogen-bond acceptors (Lipinski definition) is 10. The Bertz CT molecular complexity index is 1560. The summed E-state index contributed by atoms with van der Waals surface area (Å²) in [6.07, 6.45) is 1.52. The van der Waals surface area contributed by atoms with Gasteiger partial charge in [-0.15, -0.1) is 11.3 Å². The highest BCUT2D eigenvalue weighted by molar-refractivity contribution is 7.09. The number of likely N-dealkylation sites (N-methyl/N-ethyl adjacent to an activating group) is 2. The van der Waals surface area contributed by atoms with E-state index in [0.717, 1.165) is 18.4 Å². The van der Waals surface area contributed by atoms with Crippen LogP contribution in [0.2, 0.25) is 0 Å². The van der Waals surface area contributed by atoms with E-state index in [1.807, 2.05) is 95.8 Å². The molecule has 1 aromatic heterocycles. The van der Waals surface area contributed by atoms with Gasteiger partial charge in [0.2, 0.25) is 23.6 Å². The lowest BCUT2D eigenvalue weighted by Gasteiger charge is -2.41. The number of carbonyl (C=O) groups excluding carboxylic acids is 4. The second-order valence-electron chi connectivity index (χ2n) is 16.6. The van der Waals surface area contributed by atoms with Crippen molar-refractivity contribution in [2.45, 2.75) is 130 Å². The Labute approximate surface area is 345 Å². The van der Waals surface area contributed by atoms with Gasteiger partial charge in [0.1, 0.15) is 11.0 Å². The van der Waals surface area contributed by atoms with Crippen molar-refractivity contribution in [2.75, 3.05) is 41.9 Å². The third-order valence-corrected chi connectivity index (χ3v) is 12.6. The summed E-state index contributed by atoms with van der Waals surface area (Å²) in [4.78, 5) is 66.0.